The highest BCUT2D eigenvalue weighted by Gasteiger charge is 2.20. The Balaban J connectivity index is 1.60. The molecule has 0 radical (unpaired) electrons. The molecule has 2 amide bonds. The van der Waals surface area contributed by atoms with Gasteiger partial charge in [-0.15, -0.1) is 0 Å². The van der Waals surface area contributed by atoms with Gasteiger partial charge >= 0.3 is 0 Å². The van der Waals surface area contributed by atoms with Crippen molar-refractivity contribution in [3.63, 3.8) is 0 Å². The van der Waals surface area contributed by atoms with Crippen molar-refractivity contribution in [3.8, 4) is 28.4 Å². The van der Waals surface area contributed by atoms with Crippen molar-refractivity contribution in [2.24, 2.45) is 0 Å². The van der Waals surface area contributed by atoms with E-state index in [1.165, 1.54) is 29.2 Å². The fourth-order valence-electron chi connectivity index (χ4n) is 3.75. The zero-order valence-electron chi connectivity index (χ0n) is 20.8. The van der Waals surface area contributed by atoms with Crippen LogP contribution in [-0.4, -0.2) is 53.6 Å². The minimum Gasteiger partial charge on any atom is -0.497 e. The fraction of sp³-hybridized carbons (Fsp3) is 0.179. The summed E-state index contributed by atoms with van der Waals surface area (Å²) in [7, 11) is 3.19. The number of nitrogens with one attached hydrogen (secondary N) is 1. The average molecular weight is 503 g/mol. The van der Waals surface area contributed by atoms with Crippen LogP contribution in [0.5, 0.6) is 11.5 Å². The largest absolute Gasteiger partial charge is 0.497 e. The van der Waals surface area contributed by atoms with E-state index in [-0.39, 0.29) is 12.5 Å². The fourth-order valence-corrected chi connectivity index (χ4v) is 3.75. The van der Waals surface area contributed by atoms with E-state index in [0.717, 1.165) is 17.0 Å². The summed E-state index contributed by atoms with van der Waals surface area (Å²) in [6.45, 7) is 1.88. The molecule has 8 nitrogen and oxygen atoms in total. The molecule has 0 saturated carbocycles. The predicted molar refractivity (Wildman–Crippen MR) is 139 cm³/mol. The normalized spacial score (nSPS) is 10.6. The van der Waals surface area contributed by atoms with Crippen LogP contribution in [0.2, 0.25) is 0 Å². The minimum absolute atomic E-state index is 0.194. The topological polar surface area (TPSA) is 85.7 Å². The number of hydrogen-bond acceptors (Lipinski definition) is 5. The molecule has 0 fully saturated rings. The summed E-state index contributed by atoms with van der Waals surface area (Å²) in [6, 6.07) is 20.0. The van der Waals surface area contributed by atoms with Crippen LogP contribution in [0.15, 0.2) is 79.0 Å². The number of carbonyl (C=O) groups excluding carboxylic acids is 2. The molecule has 1 N–H and O–H groups in total. The van der Waals surface area contributed by atoms with Gasteiger partial charge in [-0.05, 0) is 79.7 Å². The molecule has 0 saturated heterocycles. The Kier molecular flexibility index (Phi) is 7.83. The molecule has 0 atom stereocenters. The zero-order chi connectivity index (χ0) is 26.4. The number of anilines is 1. The Bertz CT molecular complexity index is 1370. The summed E-state index contributed by atoms with van der Waals surface area (Å²) < 4.78 is 25.5. The standard InChI is InChI=1S/C28H27FN4O4/c1-4-32(27(35)20-5-9-21(29)10-6-20)18-26(34)31-28-30-25(19-7-13-23(36-2)14-8-19)17-33(28)22-11-15-24(37-3)16-12-22/h5-17H,4,18H2,1-3H3,(H,30,31,34). The number of rotatable bonds is 9. The van der Waals surface area contributed by atoms with E-state index < -0.39 is 11.7 Å². The van der Waals surface area contributed by atoms with Crippen LogP contribution in [0.25, 0.3) is 16.9 Å². The maximum atomic E-state index is 13.3. The number of amides is 2. The van der Waals surface area contributed by atoms with Crippen molar-refractivity contribution in [1.29, 1.82) is 0 Å². The highest BCUT2D eigenvalue weighted by Crippen LogP contribution is 2.27. The summed E-state index contributed by atoms with van der Waals surface area (Å²) >= 11 is 0. The molecule has 4 rings (SSSR count). The summed E-state index contributed by atoms with van der Waals surface area (Å²) in [6.07, 6.45) is 1.82. The first-order valence-electron chi connectivity index (χ1n) is 11.6. The van der Waals surface area contributed by atoms with Crippen LogP contribution in [0.1, 0.15) is 17.3 Å². The molecule has 0 aliphatic heterocycles. The molecule has 0 aliphatic carbocycles. The number of halogens is 1. The second-order valence-corrected chi connectivity index (χ2v) is 8.12. The molecule has 1 heterocycles. The van der Waals surface area contributed by atoms with Gasteiger partial charge in [0.25, 0.3) is 5.91 Å². The molecule has 4 aromatic rings. The maximum absolute atomic E-state index is 13.3. The molecule has 1 aromatic heterocycles. The molecule has 0 aliphatic rings. The van der Waals surface area contributed by atoms with Gasteiger partial charge in [0.1, 0.15) is 23.9 Å². The highest BCUT2D eigenvalue weighted by atomic mass is 19.1. The SMILES string of the molecule is CCN(CC(=O)Nc1nc(-c2ccc(OC)cc2)cn1-c1ccc(OC)cc1)C(=O)c1ccc(F)cc1. The smallest absolute Gasteiger partial charge is 0.254 e. The number of imidazole rings is 1. The molecule has 37 heavy (non-hydrogen) atoms. The van der Waals surface area contributed by atoms with Crippen molar-refractivity contribution in [1.82, 2.24) is 14.5 Å². The minimum atomic E-state index is -0.435. The van der Waals surface area contributed by atoms with Crippen LogP contribution in [0.4, 0.5) is 10.3 Å². The van der Waals surface area contributed by atoms with Crippen molar-refractivity contribution in [2.75, 3.05) is 32.6 Å². The first kappa shape index (κ1) is 25.4. The lowest BCUT2D eigenvalue weighted by Gasteiger charge is -2.20. The van der Waals surface area contributed by atoms with Crippen molar-refractivity contribution in [2.45, 2.75) is 6.92 Å². The molecule has 190 valence electrons. The van der Waals surface area contributed by atoms with E-state index in [1.54, 1.807) is 25.7 Å². The van der Waals surface area contributed by atoms with Crippen LogP contribution >= 0.6 is 0 Å². The molecular weight excluding hydrogens is 475 g/mol. The monoisotopic (exact) mass is 502 g/mol. The summed E-state index contributed by atoms with van der Waals surface area (Å²) in [4.78, 5) is 31.9. The number of carbonyl (C=O) groups is 2. The quantitative estimate of drug-likeness (QED) is 0.356. The maximum Gasteiger partial charge on any atom is 0.254 e. The number of methoxy groups -OCH3 is 2. The van der Waals surface area contributed by atoms with Crippen LogP contribution in [0.3, 0.4) is 0 Å². The van der Waals surface area contributed by atoms with Crippen molar-refractivity contribution >= 4 is 17.8 Å². The number of benzene rings is 3. The molecular formula is C28H27FN4O4. The van der Waals surface area contributed by atoms with Gasteiger partial charge in [-0.1, -0.05) is 0 Å². The molecule has 0 spiro atoms. The number of aromatic nitrogens is 2. The summed E-state index contributed by atoms with van der Waals surface area (Å²) in [5, 5.41) is 2.83. The first-order chi connectivity index (χ1) is 17.9. The third-order valence-electron chi connectivity index (χ3n) is 5.79. The highest BCUT2D eigenvalue weighted by molar-refractivity contribution is 5.99. The molecule has 0 unspecified atom stereocenters. The number of ether oxygens (including phenoxy) is 2. The lowest BCUT2D eigenvalue weighted by atomic mass is 10.1. The lowest BCUT2D eigenvalue weighted by molar-refractivity contribution is -0.116. The van der Waals surface area contributed by atoms with Crippen molar-refractivity contribution in [3.05, 3.63) is 90.4 Å². The van der Waals surface area contributed by atoms with Gasteiger partial charge in [-0.2, -0.15) is 0 Å². The van der Waals surface area contributed by atoms with E-state index in [4.69, 9.17) is 9.47 Å². The van der Waals surface area contributed by atoms with E-state index in [9.17, 15) is 14.0 Å². The van der Waals surface area contributed by atoms with Gasteiger partial charge in [0.05, 0.1) is 19.9 Å². The Labute approximate surface area is 214 Å². The third-order valence-corrected chi connectivity index (χ3v) is 5.79. The van der Waals surface area contributed by atoms with Crippen LogP contribution in [0, 0.1) is 5.82 Å². The number of likely N-dealkylation sites (N-methyl/N-ethyl adjacent to an activating group) is 1. The lowest BCUT2D eigenvalue weighted by Crippen LogP contribution is -2.38. The van der Waals surface area contributed by atoms with Gasteiger partial charge < -0.3 is 14.4 Å². The van der Waals surface area contributed by atoms with Crippen LogP contribution < -0.4 is 14.8 Å². The second-order valence-electron chi connectivity index (χ2n) is 8.12. The Hall–Kier alpha value is -4.66. The van der Waals surface area contributed by atoms with Gasteiger partial charge in [0.15, 0.2) is 0 Å². The number of nitrogens with zero attached hydrogens (tertiary/aromatic N) is 3. The summed E-state index contributed by atoms with van der Waals surface area (Å²) in [5.74, 6) is 0.496. The molecule has 3 aromatic carbocycles. The zero-order valence-corrected chi connectivity index (χ0v) is 20.8. The Morgan fingerprint density at radius 1 is 0.919 bits per heavy atom. The molecule has 9 heteroatoms. The second kappa shape index (κ2) is 11.4. The average Bonchev–Trinajstić information content (AvgIpc) is 3.35. The number of hydrogen-bond donors (Lipinski definition) is 1. The van der Waals surface area contributed by atoms with Crippen LogP contribution in [-0.2, 0) is 4.79 Å². The van der Waals surface area contributed by atoms with E-state index in [2.05, 4.69) is 10.3 Å². The van der Waals surface area contributed by atoms with E-state index in [0.29, 0.717) is 29.5 Å². The van der Waals surface area contributed by atoms with E-state index >= 15 is 0 Å². The summed E-state index contributed by atoms with van der Waals surface area (Å²) in [5.41, 5.74) is 2.55. The molecule has 0 bridgehead atoms. The van der Waals surface area contributed by atoms with Crippen molar-refractivity contribution < 1.29 is 23.5 Å². The van der Waals surface area contributed by atoms with Gasteiger partial charge in [-0.25, -0.2) is 9.37 Å². The Morgan fingerprint density at radius 2 is 1.51 bits per heavy atom. The predicted octanol–water partition coefficient (Wildman–Crippen LogP) is 4.80. The van der Waals surface area contributed by atoms with Gasteiger partial charge in [-0.3, -0.25) is 19.5 Å². The van der Waals surface area contributed by atoms with Gasteiger partial charge in [0.2, 0.25) is 11.9 Å². The first-order valence-corrected chi connectivity index (χ1v) is 11.6. The Morgan fingerprint density at radius 3 is 2.08 bits per heavy atom. The van der Waals surface area contributed by atoms with Gasteiger partial charge in [0, 0.05) is 29.6 Å². The van der Waals surface area contributed by atoms with E-state index in [1.807, 2.05) is 54.7 Å². The third kappa shape index (κ3) is 5.95.